The number of aromatic carboxylic acids is 1. The Labute approximate surface area is 140 Å². The van der Waals surface area contributed by atoms with Gasteiger partial charge >= 0.3 is 5.97 Å². The highest BCUT2D eigenvalue weighted by Crippen LogP contribution is 2.31. The Kier molecular flexibility index (Phi) is 5.95. The fraction of sp³-hybridized carbons (Fsp3) is 0.429. The number of anilines is 1. The van der Waals surface area contributed by atoms with Crippen LogP contribution in [-0.4, -0.2) is 23.0 Å². The number of amides is 1. The summed E-state index contributed by atoms with van der Waals surface area (Å²) in [5.74, 6) is -1.43. The molecule has 0 aromatic heterocycles. The number of nitrogens with one attached hydrogen (secondary N) is 1. The second-order valence-corrected chi connectivity index (χ2v) is 7.61. The summed E-state index contributed by atoms with van der Waals surface area (Å²) in [7, 11) is 0. The molecule has 0 aliphatic carbocycles. The van der Waals surface area contributed by atoms with Crippen LogP contribution >= 0.6 is 31.9 Å². The Morgan fingerprint density at radius 1 is 1.33 bits per heavy atom. The molecule has 0 fully saturated rings. The third-order valence-corrected chi connectivity index (χ3v) is 4.15. The molecule has 1 atom stereocenters. The van der Waals surface area contributed by atoms with Gasteiger partial charge in [0.25, 0.3) is 0 Å². The molecule has 0 bridgehead atoms. The minimum atomic E-state index is -1.12. The van der Waals surface area contributed by atoms with E-state index in [9.17, 15) is 14.7 Å². The first kappa shape index (κ1) is 18.1. The van der Waals surface area contributed by atoms with E-state index < -0.39 is 5.97 Å². The minimum absolute atomic E-state index is 0.00827. The summed E-state index contributed by atoms with van der Waals surface area (Å²) >= 11 is 6.48. The van der Waals surface area contributed by atoms with E-state index in [1.807, 2.05) is 20.8 Å². The van der Waals surface area contributed by atoms with Gasteiger partial charge in [-0.1, -0.05) is 36.7 Å². The molecular weight excluding hydrogens is 404 g/mol. The Hall–Kier alpha value is -0.920. The molecule has 0 saturated carbocycles. The van der Waals surface area contributed by atoms with Crippen LogP contribution in [0.2, 0.25) is 0 Å². The number of carbonyl (C=O) groups is 2. The molecule has 1 aromatic rings. The fourth-order valence-electron chi connectivity index (χ4n) is 1.57. The van der Waals surface area contributed by atoms with Crippen LogP contribution in [0.15, 0.2) is 21.1 Å². The van der Waals surface area contributed by atoms with Gasteiger partial charge in [0.2, 0.25) is 5.91 Å². The first-order valence-corrected chi connectivity index (χ1v) is 7.88. The van der Waals surface area contributed by atoms with E-state index in [0.717, 1.165) is 0 Å². The standard InChI is InChI=1S/C14H18Br2N2O3/c1-14(2,3)10(17)6-11(19)18-12-8(13(20)21)4-7(15)5-9(12)16/h4-5,10H,6,17H2,1-3H3,(H,18,19)(H,20,21). The monoisotopic (exact) mass is 420 g/mol. The zero-order valence-electron chi connectivity index (χ0n) is 12.0. The lowest BCUT2D eigenvalue weighted by molar-refractivity contribution is -0.117. The van der Waals surface area contributed by atoms with Gasteiger partial charge in [-0.25, -0.2) is 4.79 Å². The predicted molar refractivity (Wildman–Crippen MR) is 89.5 cm³/mol. The summed E-state index contributed by atoms with van der Waals surface area (Å²) in [5.41, 5.74) is 6.01. The van der Waals surface area contributed by atoms with Crippen molar-refractivity contribution in [3.63, 3.8) is 0 Å². The maximum Gasteiger partial charge on any atom is 0.337 e. The number of rotatable bonds is 4. The number of carbonyl (C=O) groups excluding carboxylic acids is 1. The molecular formula is C14H18Br2N2O3. The topological polar surface area (TPSA) is 92.4 Å². The summed E-state index contributed by atoms with van der Waals surface area (Å²) in [6.07, 6.45) is 0.116. The molecule has 21 heavy (non-hydrogen) atoms. The third kappa shape index (κ3) is 5.09. The quantitative estimate of drug-likeness (QED) is 0.692. The van der Waals surface area contributed by atoms with Crippen molar-refractivity contribution < 1.29 is 14.7 Å². The summed E-state index contributed by atoms with van der Waals surface area (Å²) < 4.78 is 1.10. The Morgan fingerprint density at radius 2 is 1.90 bits per heavy atom. The van der Waals surface area contributed by atoms with E-state index in [1.54, 1.807) is 6.07 Å². The Balaban J connectivity index is 2.98. The van der Waals surface area contributed by atoms with Crippen LogP contribution in [0, 0.1) is 5.41 Å². The van der Waals surface area contributed by atoms with Gasteiger partial charge in [0, 0.05) is 21.4 Å². The van der Waals surface area contributed by atoms with E-state index >= 15 is 0 Å². The van der Waals surface area contributed by atoms with Crippen molar-refractivity contribution in [3.8, 4) is 0 Å². The normalized spacial score (nSPS) is 12.9. The van der Waals surface area contributed by atoms with Gasteiger partial charge < -0.3 is 16.2 Å². The maximum atomic E-state index is 12.1. The van der Waals surface area contributed by atoms with Crippen LogP contribution < -0.4 is 11.1 Å². The van der Waals surface area contributed by atoms with Crippen molar-refractivity contribution in [2.45, 2.75) is 33.2 Å². The molecule has 0 saturated heterocycles. The first-order chi connectivity index (χ1) is 9.52. The van der Waals surface area contributed by atoms with Crippen molar-refractivity contribution in [1.29, 1.82) is 0 Å². The lowest BCUT2D eigenvalue weighted by atomic mass is 9.85. The van der Waals surface area contributed by atoms with Crippen molar-refractivity contribution in [1.82, 2.24) is 0 Å². The van der Waals surface area contributed by atoms with Crippen molar-refractivity contribution in [2.75, 3.05) is 5.32 Å². The lowest BCUT2D eigenvalue weighted by Gasteiger charge is -2.26. The van der Waals surface area contributed by atoms with Crippen molar-refractivity contribution in [3.05, 3.63) is 26.6 Å². The number of carboxylic acid groups (broad SMARTS) is 1. The molecule has 5 nitrogen and oxygen atoms in total. The average Bonchev–Trinajstić information content (AvgIpc) is 2.30. The fourth-order valence-corrected chi connectivity index (χ4v) is 2.89. The number of carboxylic acids is 1. The van der Waals surface area contributed by atoms with Crippen LogP contribution in [-0.2, 0) is 4.79 Å². The van der Waals surface area contributed by atoms with Gasteiger partial charge in [0.15, 0.2) is 0 Å². The molecule has 0 spiro atoms. The molecule has 0 radical (unpaired) electrons. The van der Waals surface area contributed by atoms with Crippen molar-refractivity contribution >= 4 is 49.4 Å². The molecule has 1 unspecified atom stereocenters. The summed E-state index contributed by atoms with van der Waals surface area (Å²) in [6, 6.07) is 2.79. The highest BCUT2D eigenvalue weighted by atomic mass is 79.9. The predicted octanol–water partition coefficient (Wildman–Crippen LogP) is 3.61. The third-order valence-electron chi connectivity index (χ3n) is 3.07. The molecule has 116 valence electrons. The van der Waals surface area contributed by atoms with Gasteiger partial charge in [0.1, 0.15) is 0 Å². The van der Waals surface area contributed by atoms with Crippen molar-refractivity contribution in [2.24, 2.45) is 11.1 Å². The number of hydrogen-bond acceptors (Lipinski definition) is 3. The minimum Gasteiger partial charge on any atom is -0.478 e. The van der Waals surface area contributed by atoms with E-state index in [4.69, 9.17) is 5.73 Å². The second-order valence-electron chi connectivity index (χ2n) is 5.84. The zero-order chi connectivity index (χ0) is 16.4. The maximum absolute atomic E-state index is 12.1. The second kappa shape index (κ2) is 6.89. The highest BCUT2D eigenvalue weighted by Gasteiger charge is 2.24. The molecule has 4 N–H and O–H groups in total. The van der Waals surface area contributed by atoms with E-state index in [2.05, 4.69) is 37.2 Å². The largest absolute Gasteiger partial charge is 0.478 e. The SMILES string of the molecule is CC(C)(C)C(N)CC(=O)Nc1c(Br)cc(Br)cc1C(=O)O. The zero-order valence-corrected chi connectivity index (χ0v) is 15.2. The molecule has 0 heterocycles. The van der Waals surface area contributed by atoms with Gasteiger partial charge in [-0.2, -0.15) is 0 Å². The summed E-state index contributed by atoms with van der Waals surface area (Å²) in [6.45, 7) is 5.84. The van der Waals surface area contributed by atoms with Crippen LogP contribution in [0.4, 0.5) is 5.69 Å². The Morgan fingerprint density at radius 3 is 2.38 bits per heavy atom. The first-order valence-electron chi connectivity index (χ1n) is 6.30. The van der Waals surface area contributed by atoms with E-state index in [-0.39, 0.29) is 35.0 Å². The lowest BCUT2D eigenvalue weighted by Crippen LogP contribution is -2.38. The number of hydrogen-bond donors (Lipinski definition) is 3. The smallest absolute Gasteiger partial charge is 0.337 e. The summed E-state index contributed by atoms with van der Waals surface area (Å²) in [5, 5.41) is 11.8. The van der Waals surface area contributed by atoms with E-state index in [0.29, 0.717) is 8.95 Å². The van der Waals surface area contributed by atoms with Crippen LogP contribution in [0.25, 0.3) is 0 Å². The van der Waals surface area contributed by atoms with Crippen LogP contribution in [0.5, 0.6) is 0 Å². The van der Waals surface area contributed by atoms with Crippen LogP contribution in [0.3, 0.4) is 0 Å². The number of nitrogens with two attached hydrogens (primary N) is 1. The molecule has 0 aliphatic rings. The molecule has 1 rings (SSSR count). The highest BCUT2D eigenvalue weighted by molar-refractivity contribution is 9.11. The number of benzene rings is 1. The van der Waals surface area contributed by atoms with Gasteiger partial charge in [-0.05, 0) is 33.5 Å². The molecule has 0 aliphatic heterocycles. The van der Waals surface area contributed by atoms with E-state index in [1.165, 1.54) is 6.07 Å². The van der Waals surface area contributed by atoms with Gasteiger partial charge in [-0.3, -0.25) is 4.79 Å². The molecule has 1 amide bonds. The average molecular weight is 422 g/mol. The summed E-state index contributed by atoms with van der Waals surface area (Å²) in [4.78, 5) is 23.3. The Bertz CT molecular complexity index is 568. The van der Waals surface area contributed by atoms with Crippen LogP contribution in [0.1, 0.15) is 37.6 Å². The van der Waals surface area contributed by atoms with Gasteiger partial charge in [0.05, 0.1) is 11.3 Å². The number of halogens is 2. The molecule has 1 aromatic carbocycles. The van der Waals surface area contributed by atoms with Gasteiger partial charge in [-0.15, -0.1) is 0 Å². The molecule has 7 heteroatoms.